The van der Waals surface area contributed by atoms with Crippen LogP contribution in [0.1, 0.15) is 40.0 Å². The van der Waals surface area contributed by atoms with Crippen LogP contribution >= 0.6 is 11.8 Å². The van der Waals surface area contributed by atoms with Gasteiger partial charge in [0.1, 0.15) is 0 Å². The molecule has 2 aliphatic heterocycles. The fraction of sp³-hybridized carbons (Fsp3) is 0.938. The highest BCUT2D eigenvalue weighted by molar-refractivity contribution is 7.99. The number of hydrogen-bond acceptors (Lipinski definition) is 2. The maximum atomic E-state index is 4.95. The van der Waals surface area contributed by atoms with Crippen LogP contribution < -0.4 is 5.32 Å². The third-order valence-corrected chi connectivity index (χ3v) is 5.39. The first kappa shape index (κ1) is 16.0. The molecule has 2 heterocycles. The minimum absolute atomic E-state index is 0.786. The molecule has 2 fully saturated rings. The summed E-state index contributed by atoms with van der Waals surface area (Å²) in [5.41, 5.74) is 0. The van der Waals surface area contributed by atoms with Gasteiger partial charge in [0.2, 0.25) is 0 Å². The molecule has 2 saturated heterocycles. The van der Waals surface area contributed by atoms with Crippen LogP contribution in [0.25, 0.3) is 0 Å². The van der Waals surface area contributed by atoms with Crippen molar-refractivity contribution in [3.05, 3.63) is 0 Å². The molecular weight excluding hydrogens is 266 g/mol. The van der Waals surface area contributed by atoms with Gasteiger partial charge in [-0.1, -0.05) is 13.8 Å². The van der Waals surface area contributed by atoms with Gasteiger partial charge in [0, 0.05) is 26.2 Å². The van der Waals surface area contributed by atoms with Gasteiger partial charge in [-0.05, 0) is 55.4 Å². The van der Waals surface area contributed by atoms with E-state index < -0.39 is 0 Å². The zero-order valence-electron chi connectivity index (χ0n) is 13.4. The molecule has 2 rings (SSSR count). The van der Waals surface area contributed by atoms with E-state index in [1.165, 1.54) is 30.8 Å². The van der Waals surface area contributed by atoms with E-state index >= 15 is 0 Å². The lowest BCUT2D eigenvalue weighted by atomic mass is 9.92. The van der Waals surface area contributed by atoms with Crippen molar-refractivity contribution in [2.24, 2.45) is 22.7 Å². The van der Waals surface area contributed by atoms with E-state index in [0.717, 1.165) is 49.9 Å². The summed E-state index contributed by atoms with van der Waals surface area (Å²) in [5.74, 6) is 6.19. The molecule has 1 N–H and O–H groups in total. The molecule has 0 bridgehead atoms. The molecule has 0 aliphatic carbocycles. The van der Waals surface area contributed by atoms with Crippen molar-refractivity contribution in [2.75, 3.05) is 37.7 Å². The molecule has 0 radical (unpaired) electrons. The molecule has 2 unspecified atom stereocenters. The first-order valence-electron chi connectivity index (χ1n) is 8.30. The van der Waals surface area contributed by atoms with Crippen molar-refractivity contribution < 1.29 is 0 Å². The van der Waals surface area contributed by atoms with Crippen LogP contribution in [0.3, 0.4) is 0 Å². The summed E-state index contributed by atoms with van der Waals surface area (Å²) >= 11 is 2.10. The normalized spacial score (nSPS) is 29.6. The molecule has 116 valence electrons. The Morgan fingerprint density at radius 2 is 1.85 bits per heavy atom. The van der Waals surface area contributed by atoms with Crippen molar-refractivity contribution in [3.63, 3.8) is 0 Å². The second-order valence-corrected chi connectivity index (χ2v) is 7.83. The molecule has 20 heavy (non-hydrogen) atoms. The molecule has 0 saturated carbocycles. The van der Waals surface area contributed by atoms with Crippen LogP contribution in [-0.4, -0.2) is 48.5 Å². The quantitative estimate of drug-likeness (QED) is 0.641. The fourth-order valence-corrected chi connectivity index (χ4v) is 4.61. The molecule has 4 heteroatoms. The molecule has 0 aromatic rings. The van der Waals surface area contributed by atoms with E-state index in [2.05, 4.69) is 42.7 Å². The Labute approximate surface area is 129 Å². The van der Waals surface area contributed by atoms with E-state index in [9.17, 15) is 0 Å². The molecule has 2 atom stereocenters. The van der Waals surface area contributed by atoms with Crippen molar-refractivity contribution in [1.29, 1.82) is 0 Å². The van der Waals surface area contributed by atoms with Crippen molar-refractivity contribution >= 4 is 17.7 Å². The summed E-state index contributed by atoms with van der Waals surface area (Å²) in [5, 5.41) is 3.50. The Hall–Kier alpha value is -0.380. The van der Waals surface area contributed by atoms with Crippen LogP contribution in [0.4, 0.5) is 0 Å². The van der Waals surface area contributed by atoms with Gasteiger partial charge in [-0.3, -0.25) is 4.99 Å². The molecule has 3 nitrogen and oxygen atoms in total. The summed E-state index contributed by atoms with van der Waals surface area (Å²) in [7, 11) is 0. The number of hydrogen-bond donors (Lipinski definition) is 1. The van der Waals surface area contributed by atoms with Crippen LogP contribution in [0.5, 0.6) is 0 Å². The van der Waals surface area contributed by atoms with Crippen molar-refractivity contribution in [3.8, 4) is 0 Å². The van der Waals surface area contributed by atoms with Crippen molar-refractivity contribution in [1.82, 2.24) is 10.2 Å². The lowest BCUT2D eigenvalue weighted by Gasteiger charge is -2.37. The van der Waals surface area contributed by atoms with Gasteiger partial charge in [0.15, 0.2) is 5.96 Å². The van der Waals surface area contributed by atoms with Gasteiger partial charge in [-0.15, -0.1) is 0 Å². The number of piperidine rings is 1. The highest BCUT2D eigenvalue weighted by atomic mass is 32.2. The Balaban J connectivity index is 1.93. The second-order valence-electron chi connectivity index (χ2n) is 6.60. The largest absolute Gasteiger partial charge is 0.357 e. The van der Waals surface area contributed by atoms with Crippen LogP contribution in [-0.2, 0) is 0 Å². The second kappa shape index (κ2) is 8.16. The lowest BCUT2D eigenvalue weighted by molar-refractivity contribution is 0.208. The van der Waals surface area contributed by atoms with Gasteiger partial charge in [-0.2, -0.15) is 11.8 Å². The topological polar surface area (TPSA) is 27.6 Å². The van der Waals surface area contributed by atoms with Gasteiger partial charge >= 0.3 is 0 Å². The predicted molar refractivity (Wildman–Crippen MR) is 90.5 cm³/mol. The van der Waals surface area contributed by atoms with E-state index in [4.69, 9.17) is 4.99 Å². The Kier molecular flexibility index (Phi) is 6.53. The summed E-state index contributed by atoms with van der Waals surface area (Å²) in [6.07, 6.45) is 4.05. The standard InChI is InChI=1S/C16H31N3S/c1-4-17-16(18-10-15-5-7-20-8-6-15)19-11-13(2)9-14(3)12-19/h13-15H,4-12H2,1-3H3,(H,17,18). The SMILES string of the molecule is CCNC(=NCC1CCSCC1)N1CC(C)CC(C)C1. The molecule has 0 spiro atoms. The number of thioether (sulfide) groups is 1. The molecule has 2 aliphatic rings. The summed E-state index contributed by atoms with van der Waals surface area (Å²) < 4.78 is 0. The minimum Gasteiger partial charge on any atom is -0.357 e. The Morgan fingerprint density at radius 1 is 1.20 bits per heavy atom. The Morgan fingerprint density at radius 3 is 2.45 bits per heavy atom. The maximum absolute atomic E-state index is 4.95. The molecular formula is C16H31N3S. The number of nitrogens with zero attached hydrogens (tertiary/aromatic N) is 2. The summed E-state index contributed by atoms with van der Waals surface area (Å²) in [4.78, 5) is 7.44. The number of rotatable bonds is 3. The number of aliphatic imine (C=N–C) groups is 1. The third-order valence-electron chi connectivity index (χ3n) is 4.34. The van der Waals surface area contributed by atoms with E-state index in [-0.39, 0.29) is 0 Å². The van der Waals surface area contributed by atoms with Gasteiger partial charge in [-0.25, -0.2) is 0 Å². The first-order chi connectivity index (χ1) is 9.69. The molecule has 0 amide bonds. The molecule has 0 aromatic carbocycles. The third kappa shape index (κ3) is 4.87. The number of likely N-dealkylation sites (tertiary alicyclic amines) is 1. The zero-order chi connectivity index (χ0) is 14.4. The predicted octanol–water partition coefficient (Wildman–Crippen LogP) is 3.07. The van der Waals surface area contributed by atoms with Gasteiger partial charge in [0.25, 0.3) is 0 Å². The average Bonchev–Trinajstić information content (AvgIpc) is 2.43. The van der Waals surface area contributed by atoms with Crippen LogP contribution in [0.15, 0.2) is 4.99 Å². The van der Waals surface area contributed by atoms with Gasteiger partial charge in [0.05, 0.1) is 0 Å². The van der Waals surface area contributed by atoms with E-state index in [1.807, 2.05) is 0 Å². The van der Waals surface area contributed by atoms with E-state index in [0.29, 0.717) is 0 Å². The van der Waals surface area contributed by atoms with Crippen LogP contribution in [0, 0.1) is 17.8 Å². The highest BCUT2D eigenvalue weighted by Gasteiger charge is 2.24. The molecule has 0 aromatic heterocycles. The maximum Gasteiger partial charge on any atom is 0.193 e. The number of nitrogens with one attached hydrogen (secondary N) is 1. The lowest BCUT2D eigenvalue weighted by Crippen LogP contribution is -2.48. The smallest absolute Gasteiger partial charge is 0.193 e. The van der Waals surface area contributed by atoms with Crippen molar-refractivity contribution in [2.45, 2.75) is 40.0 Å². The average molecular weight is 298 g/mol. The zero-order valence-corrected chi connectivity index (χ0v) is 14.2. The minimum atomic E-state index is 0.786. The summed E-state index contributed by atoms with van der Waals surface area (Å²) in [6.45, 7) is 11.2. The monoisotopic (exact) mass is 297 g/mol. The Bertz CT molecular complexity index is 303. The highest BCUT2D eigenvalue weighted by Crippen LogP contribution is 2.24. The van der Waals surface area contributed by atoms with Gasteiger partial charge < -0.3 is 10.2 Å². The van der Waals surface area contributed by atoms with E-state index in [1.54, 1.807) is 0 Å². The number of guanidine groups is 1. The van der Waals surface area contributed by atoms with Crippen LogP contribution in [0.2, 0.25) is 0 Å². The fourth-order valence-electron chi connectivity index (χ4n) is 3.41. The first-order valence-corrected chi connectivity index (χ1v) is 9.45. The summed E-state index contributed by atoms with van der Waals surface area (Å²) in [6, 6.07) is 0.